The molecule has 1 aromatic heterocycles. The van der Waals surface area contributed by atoms with Crippen LogP contribution in [0.25, 0.3) is 0 Å². The van der Waals surface area contributed by atoms with Gasteiger partial charge in [0.05, 0.1) is 12.6 Å². The van der Waals surface area contributed by atoms with Crippen LogP contribution < -0.4 is 16.0 Å². The van der Waals surface area contributed by atoms with Crippen LogP contribution in [0, 0.1) is 0 Å². The molecule has 7 heteroatoms. The maximum Gasteiger partial charge on any atom is 0.229 e. The molecule has 2 rings (SSSR count). The molecule has 0 unspecified atom stereocenters. The van der Waals surface area contributed by atoms with E-state index in [1.54, 1.807) is 6.08 Å². The summed E-state index contributed by atoms with van der Waals surface area (Å²) in [7, 11) is 0. The first-order chi connectivity index (χ1) is 11.2. The van der Waals surface area contributed by atoms with Crippen LogP contribution in [-0.4, -0.2) is 45.3 Å². The van der Waals surface area contributed by atoms with E-state index in [1.807, 2.05) is 6.92 Å². The molecule has 0 amide bonds. The molecule has 0 bridgehead atoms. The van der Waals surface area contributed by atoms with Crippen molar-refractivity contribution in [1.29, 1.82) is 0 Å². The molecule has 4 N–H and O–H groups in total. The summed E-state index contributed by atoms with van der Waals surface area (Å²) in [5.74, 6) is 1.56. The molecule has 0 aromatic carbocycles. The number of hydrogen-bond acceptors (Lipinski definition) is 7. The van der Waals surface area contributed by atoms with Crippen molar-refractivity contribution in [3.63, 3.8) is 0 Å². The lowest BCUT2D eigenvalue weighted by Gasteiger charge is -2.23. The van der Waals surface area contributed by atoms with Crippen LogP contribution in [0.1, 0.15) is 45.4 Å². The van der Waals surface area contributed by atoms with Gasteiger partial charge in [0.25, 0.3) is 0 Å². The summed E-state index contributed by atoms with van der Waals surface area (Å²) in [6, 6.07) is 0.359. The molecule has 1 aliphatic rings. The monoisotopic (exact) mass is 320 g/mol. The van der Waals surface area contributed by atoms with Gasteiger partial charge >= 0.3 is 0 Å². The van der Waals surface area contributed by atoms with Crippen molar-refractivity contribution in [2.45, 2.75) is 57.5 Å². The zero-order valence-electron chi connectivity index (χ0n) is 13.9. The van der Waals surface area contributed by atoms with Gasteiger partial charge < -0.3 is 21.1 Å². The second kappa shape index (κ2) is 9.29. The number of rotatable bonds is 9. The fourth-order valence-electron chi connectivity index (χ4n) is 2.64. The summed E-state index contributed by atoms with van der Waals surface area (Å²) in [6.07, 6.45) is 8.66. The molecular formula is C16H28N6O. The van der Waals surface area contributed by atoms with Crippen LogP contribution in [-0.2, 0) is 0 Å². The number of nitrogens with one attached hydrogen (secondary N) is 3. The Labute approximate surface area is 138 Å². The van der Waals surface area contributed by atoms with E-state index in [9.17, 15) is 5.11 Å². The van der Waals surface area contributed by atoms with Gasteiger partial charge in [-0.3, -0.25) is 0 Å². The van der Waals surface area contributed by atoms with Gasteiger partial charge in [0.15, 0.2) is 0 Å². The molecule has 0 saturated heterocycles. The summed E-state index contributed by atoms with van der Waals surface area (Å²) in [4.78, 5) is 13.2. The zero-order chi connectivity index (χ0) is 16.5. The van der Waals surface area contributed by atoms with E-state index in [2.05, 4.69) is 37.5 Å². The summed E-state index contributed by atoms with van der Waals surface area (Å²) in [5.41, 5.74) is 0. The average Bonchev–Trinajstić information content (AvgIpc) is 2.58. The van der Waals surface area contributed by atoms with E-state index in [1.165, 1.54) is 19.3 Å². The fraction of sp³-hybridized carbons (Fsp3) is 0.688. The second-order valence-electron chi connectivity index (χ2n) is 5.89. The van der Waals surface area contributed by atoms with Crippen molar-refractivity contribution in [2.24, 2.45) is 0 Å². The Morgan fingerprint density at radius 2 is 1.87 bits per heavy atom. The molecular weight excluding hydrogens is 292 g/mol. The normalized spacial score (nSPS) is 16.6. The summed E-state index contributed by atoms with van der Waals surface area (Å²) >= 11 is 0. The van der Waals surface area contributed by atoms with Gasteiger partial charge in [0, 0.05) is 12.6 Å². The van der Waals surface area contributed by atoms with E-state index >= 15 is 0 Å². The van der Waals surface area contributed by atoms with Crippen LogP contribution >= 0.6 is 0 Å². The molecule has 23 heavy (non-hydrogen) atoms. The Morgan fingerprint density at radius 3 is 2.52 bits per heavy atom. The Kier molecular flexibility index (Phi) is 7.06. The smallest absolute Gasteiger partial charge is 0.229 e. The third-order valence-electron chi connectivity index (χ3n) is 4.02. The molecule has 1 aliphatic carbocycles. The number of aliphatic hydroxyl groups excluding tert-OH is 1. The number of aromatic nitrogens is 3. The summed E-state index contributed by atoms with van der Waals surface area (Å²) < 4.78 is 0. The predicted octanol–water partition coefficient (Wildman–Crippen LogP) is 2.40. The predicted molar refractivity (Wildman–Crippen MR) is 93.8 cm³/mol. The zero-order valence-corrected chi connectivity index (χ0v) is 13.9. The topological polar surface area (TPSA) is 95.0 Å². The van der Waals surface area contributed by atoms with Gasteiger partial charge in [-0.1, -0.05) is 32.3 Å². The number of hydrogen-bond donors (Lipinski definition) is 4. The molecule has 0 radical (unpaired) electrons. The highest BCUT2D eigenvalue weighted by molar-refractivity contribution is 5.43. The third-order valence-corrected chi connectivity index (χ3v) is 4.02. The van der Waals surface area contributed by atoms with Crippen molar-refractivity contribution in [3.05, 3.63) is 12.7 Å². The molecule has 1 atom stereocenters. The van der Waals surface area contributed by atoms with E-state index in [4.69, 9.17) is 0 Å². The Balaban J connectivity index is 2.12. The van der Waals surface area contributed by atoms with Gasteiger partial charge in [-0.25, -0.2) is 0 Å². The van der Waals surface area contributed by atoms with Crippen molar-refractivity contribution in [1.82, 2.24) is 15.0 Å². The van der Waals surface area contributed by atoms with Gasteiger partial charge in [0.1, 0.15) is 0 Å². The first kappa shape index (κ1) is 17.5. The van der Waals surface area contributed by atoms with Crippen LogP contribution in [0.2, 0.25) is 0 Å². The standard InChI is InChI=1S/C16H28N6O/c1-3-10-17-14-20-15(18-12(4-2)11-23)22-16(21-14)19-13-8-6-5-7-9-13/h3,12-13,23H,1,4-11H2,2H3,(H3,17,18,19,20,21,22)/t12-/m1/s1. The highest BCUT2D eigenvalue weighted by Crippen LogP contribution is 2.21. The first-order valence-corrected chi connectivity index (χ1v) is 8.50. The van der Waals surface area contributed by atoms with Crippen LogP contribution in [0.15, 0.2) is 12.7 Å². The van der Waals surface area contributed by atoms with Gasteiger partial charge in [0.2, 0.25) is 17.8 Å². The molecule has 1 heterocycles. The largest absolute Gasteiger partial charge is 0.394 e. The van der Waals surface area contributed by atoms with E-state index in [-0.39, 0.29) is 12.6 Å². The molecule has 1 aromatic rings. The minimum absolute atomic E-state index is 0.0446. The van der Waals surface area contributed by atoms with Crippen molar-refractivity contribution in [3.8, 4) is 0 Å². The Bertz CT molecular complexity index is 485. The maximum absolute atomic E-state index is 9.35. The SMILES string of the molecule is C=CCNc1nc(NC2CCCCC2)nc(N[C@H](CC)CO)n1. The third kappa shape index (κ3) is 5.67. The van der Waals surface area contributed by atoms with E-state index in [0.29, 0.717) is 30.4 Å². The highest BCUT2D eigenvalue weighted by Gasteiger charge is 2.16. The number of anilines is 3. The quantitative estimate of drug-likeness (QED) is 0.519. The van der Waals surface area contributed by atoms with Crippen LogP contribution in [0.5, 0.6) is 0 Å². The number of aliphatic hydroxyl groups is 1. The van der Waals surface area contributed by atoms with E-state index in [0.717, 1.165) is 19.3 Å². The lowest BCUT2D eigenvalue weighted by atomic mass is 9.96. The van der Waals surface area contributed by atoms with Crippen molar-refractivity contribution >= 4 is 17.8 Å². The summed E-state index contributed by atoms with van der Waals surface area (Å²) in [6.45, 7) is 6.33. The lowest BCUT2D eigenvalue weighted by molar-refractivity contribution is 0.271. The van der Waals surface area contributed by atoms with Crippen molar-refractivity contribution < 1.29 is 5.11 Å². The molecule has 1 saturated carbocycles. The molecule has 0 spiro atoms. The molecule has 128 valence electrons. The Morgan fingerprint density at radius 1 is 1.17 bits per heavy atom. The minimum Gasteiger partial charge on any atom is -0.394 e. The summed E-state index contributed by atoms with van der Waals surface area (Å²) in [5, 5.41) is 19.0. The maximum atomic E-state index is 9.35. The van der Waals surface area contributed by atoms with E-state index < -0.39 is 0 Å². The van der Waals surface area contributed by atoms with Crippen molar-refractivity contribution in [2.75, 3.05) is 29.1 Å². The van der Waals surface area contributed by atoms with Crippen LogP contribution in [0.4, 0.5) is 17.8 Å². The lowest BCUT2D eigenvalue weighted by Crippen LogP contribution is -2.27. The van der Waals surface area contributed by atoms with Gasteiger partial charge in [-0.2, -0.15) is 15.0 Å². The number of nitrogens with zero attached hydrogens (tertiary/aromatic N) is 3. The minimum atomic E-state index is -0.0628. The van der Waals surface area contributed by atoms with Gasteiger partial charge in [-0.15, -0.1) is 6.58 Å². The molecule has 0 aliphatic heterocycles. The fourth-order valence-corrected chi connectivity index (χ4v) is 2.64. The molecule has 7 nitrogen and oxygen atoms in total. The van der Waals surface area contributed by atoms with Crippen LogP contribution in [0.3, 0.4) is 0 Å². The van der Waals surface area contributed by atoms with Gasteiger partial charge in [-0.05, 0) is 19.3 Å². The highest BCUT2D eigenvalue weighted by atomic mass is 16.3. The second-order valence-corrected chi connectivity index (χ2v) is 5.89. The average molecular weight is 320 g/mol. The Hall–Kier alpha value is -1.89. The first-order valence-electron chi connectivity index (χ1n) is 8.50. The molecule has 1 fully saturated rings.